The summed E-state index contributed by atoms with van der Waals surface area (Å²) < 4.78 is 1.41. The summed E-state index contributed by atoms with van der Waals surface area (Å²) in [5.41, 5.74) is 2.42. The summed E-state index contributed by atoms with van der Waals surface area (Å²) in [5.74, 6) is -0.0246. The minimum absolute atomic E-state index is 0.162. The number of amides is 1. The van der Waals surface area contributed by atoms with Crippen molar-refractivity contribution in [2.75, 3.05) is 14.1 Å². The normalized spacial score (nSPS) is 11.4. The molecule has 3 aromatic rings. The SMILES string of the molecule is CC(C)Cn1nc(C(=O)NCc2ccccc2C[NH+](C)C)c2ccccc2c1=O. The second-order valence-corrected chi connectivity index (χ2v) is 8.11. The van der Waals surface area contributed by atoms with Crippen molar-refractivity contribution in [2.45, 2.75) is 33.5 Å². The molecule has 0 spiro atoms. The third-order valence-corrected chi connectivity index (χ3v) is 4.72. The Labute approximate surface area is 171 Å². The molecule has 2 aromatic carbocycles. The van der Waals surface area contributed by atoms with Crippen LogP contribution in [0.3, 0.4) is 0 Å². The van der Waals surface area contributed by atoms with Gasteiger partial charge < -0.3 is 10.2 Å². The highest BCUT2D eigenvalue weighted by atomic mass is 16.2. The maximum atomic E-state index is 13.0. The number of hydrogen-bond donors (Lipinski definition) is 2. The lowest BCUT2D eigenvalue weighted by Gasteiger charge is -2.14. The Kier molecular flexibility index (Phi) is 6.44. The van der Waals surface area contributed by atoms with E-state index in [2.05, 4.69) is 30.6 Å². The van der Waals surface area contributed by atoms with Crippen molar-refractivity contribution in [1.29, 1.82) is 0 Å². The predicted octanol–water partition coefficient (Wildman–Crippen LogP) is 1.63. The van der Waals surface area contributed by atoms with Crippen LogP contribution in [-0.2, 0) is 19.6 Å². The molecule has 0 fully saturated rings. The van der Waals surface area contributed by atoms with Crippen molar-refractivity contribution in [2.24, 2.45) is 5.92 Å². The number of rotatable bonds is 7. The molecule has 1 aromatic heterocycles. The average Bonchev–Trinajstić information content (AvgIpc) is 2.68. The van der Waals surface area contributed by atoms with Crippen LogP contribution >= 0.6 is 0 Å². The van der Waals surface area contributed by atoms with Crippen LogP contribution in [0, 0.1) is 5.92 Å². The molecule has 29 heavy (non-hydrogen) atoms. The number of quaternary nitrogens is 1. The second-order valence-electron chi connectivity index (χ2n) is 8.11. The average molecular weight is 394 g/mol. The van der Waals surface area contributed by atoms with E-state index in [1.807, 2.05) is 44.2 Å². The first kappa shape index (κ1) is 20.7. The standard InChI is InChI=1S/C23H28N4O2/c1-16(2)14-27-23(29)20-12-8-7-11-19(20)21(25-27)22(28)24-13-17-9-5-6-10-18(17)15-26(3)4/h5-12,16H,13-15H2,1-4H3,(H,24,28)/p+1. The number of benzene rings is 2. The van der Waals surface area contributed by atoms with Gasteiger partial charge >= 0.3 is 0 Å². The van der Waals surface area contributed by atoms with Crippen molar-refractivity contribution in [3.05, 3.63) is 75.7 Å². The first-order valence-electron chi connectivity index (χ1n) is 10.0. The molecule has 0 aliphatic rings. The molecular formula is C23H29N4O2+. The summed E-state index contributed by atoms with van der Waals surface area (Å²) in [5, 5.41) is 8.51. The molecule has 0 aliphatic heterocycles. The molecule has 2 N–H and O–H groups in total. The fourth-order valence-corrected chi connectivity index (χ4v) is 3.42. The van der Waals surface area contributed by atoms with Gasteiger partial charge in [-0.05, 0) is 17.5 Å². The van der Waals surface area contributed by atoms with Crippen molar-refractivity contribution in [1.82, 2.24) is 15.1 Å². The summed E-state index contributed by atoms with van der Waals surface area (Å²) in [6.45, 7) is 5.81. The quantitative estimate of drug-likeness (QED) is 0.641. The zero-order chi connectivity index (χ0) is 21.0. The Bertz CT molecular complexity index is 1070. The molecule has 0 bridgehead atoms. The summed E-state index contributed by atoms with van der Waals surface area (Å²) >= 11 is 0. The van der Waals surface area contributed by atoms with Crippen molar-refractivity contribution in [3.8, 4) is 0 Å². The van der Waals surface area contributed by atoms with Crippen LogP contribution in [0.2, 0.25) is 0 Å². The summed E-state index contributed by atoms with van der Waals surface area (Å²) in [6, 6.07) is 15.3. The Morgan fingerprint density at radius 1 is 1.03 bits per heavy atom. The highest BCUT2D eigenvalue weighted by Gasteiger charge is 2.17. The second kappa shape index (κ2) is 9.01. The van der Waals surface area contributed by atoms with Gasteiger partial charge in [0.1, 0.15) is 6.54 Å². The van der Waals surface area contributed by atoms with Gasteiger partial charge in [0.25, 0.3) is 11.5 Å². The molecule has 6 nitrogen and oxygen atoms in total. The number of nitrogens with zero attached hydrogens (tertiary/aromatic N) is 2. The van der Waals surface area contributed by atoms with E-state index in [1.165, 1.54) is 15.1 Å². The monoisotopic (exact) mass is 393 g/mol. The van der Waals surface area contributed by atoms with E-state index in [0.29, 0.717) is 23.9 Å². The fourth-order valence-electron chi connectivity index (χ4n) is 3.42. The molecule has 0 radical (unpaired) electrons. The molecule has 6 heteroatoms. The van der Waals surface area contributed by atoms with E-state index in [9.17, 15) is 9.59 Å². The van der Waals surface area contributed by atoms with Crippen molar-refractivity contribution in [3.63, 3.8) is 0 Å². The van der Waals surface area contributed by atoms with E-state index in [0.717, 1.165) is 12.1 Å². The Hall–Kier alpha value is -2.99. The molecule has 1 heterocycles. The lowest BCUT2D eigenvalue weighted by Crippen LogP contribution is -3.04. The van der Waals surface area contributed by atoms with Crippen molar-refractivity contribution >= 4 is 16.7 Å². The number of nitrogens with one attached hydrogen (secondary N) is 2. The summed E-state index contributed by atoms with van der Waals surface area (Å²) in [4.78, 5) is 27.1. The number of carbonyl (C=O) groups is 1. The van der Waals surface area contributed by atoms with E-state index >= 15 is 0 Å². The number of hydrogen-bond acceptors (Lipinski definition) is 3. The number of carbonyl (C=O) groups excluding carboxylic acids is 1. The maximum Gasteiger partial charge on any atom is 0.274 e. The maximum absolute atomic E-state index is 13.0. The molecular weight excluding hydrogens is 364 g/mol. The van der Waals surface area contributed by atoms with Gasteiger partial charge in [-0.3, -0.25) is 9.59 Å². The van der Waals surface area contributed by atoms with Gasteiger partial charge in [-0.2, -0.15) is 5.10 Å². The predicted molar refractivity (Wildman–Crippen MR) is 115 cm³/mol. The first-order valence-corrected chi connectivity index (χ1v) is 10.0. The van der Waals surface area contributed by atoms with E-state index in [-0.39, 0.29) is 23.1 Å². The lowest BCUT2D eigenvalue weighted by molar-refractivity contribution is -0.872. The van der Waals surface area contributed by atoms with Gasteiger partial charge in [-0.1, -0.05) is 56.3 Å². The van der Waals surface area contributed by atoms with Crippen LogP contribution in [0.1, 0.15) is 35.5 Å². The highest BCUT2D eigenvalue weighted by molar-refractivity contribution is 6.04. The topological polar surface area (TPSA) is 68.4 Å². The zero-order valence-electron chi connectivity index (χ0n) is 17.5. The van der Waals surface area contributed by atoms with Gasteiger partial charge in [0, 0.05) is 24.0 Å². The molecule has 0 saturated carbocycles. The van der Waals surface area contributed by atoms with Gasteiger partial charge in [0.05, 0.1) is 19.5 Å². The molecule has 152 valence electrons. The molecule has 3 rings (SSSR count). The van der Waals surface area contributed by atoms with Gasteiger partial charge in [-0.25, -0.2) is 4.68 Å². The van der Waals surface area contributed by atoms with E-state index < -0.39 is 0 Å². The molecule has 0 saturated heterocycles. The summed E-state index contributed by atoms with van der Waals surface area (Å²) in [6.07, 6.45) is 0. The first-order chi connectivity index (χ1) is 13.9. The smallest absolute Gasteiger partial charge is 0.274 e. The van der Waals surface area contributed by atoms with Gasteiger partial charge in [0.2, 0.25) is 0 Å². The van der Waals surface area contributed by atoms with Crippen molar-refractivity contribution < 1.29 is 9.69 Å². The highest BCUT2D eigenvalue weighted by Crippen LogP contribution is 2.14. The Balaban J connectivity index is 1.92. The molecule has 0 aliphatic carbocycles. The van der Waals surface area contributed by atoms with Gasteiger partial charge in [0.15, 0.2) is 5.69 Å². The molecule has 0 atom stereocenters. The Morgan fingerprint density at radius 2 is 1.66 bits per heavy atom. The third-order valence-electron chi connectivity index (χ3n) is 4.72. The number of fused-ring (bicyclic) bond motifs is 1. The van der Waals surface area contributed by atoms with Crippen LogP contribution in [0.25, 0.3) is 10.8 Å². The number of aromatic nitrogens is 2. The van der Waals surface area contributed by atoms with Crippen LogP contribution in [0.15, 0.2) is 53.3 Å². The third kappa shape index (κ3) is 4.90. The molecule has 1 amide bonds. The Morgan fingerprint density at radius 3 is 2.31 bits per heavy atom. The van der Waals surface area contributed by atoms with E-state index in [4.69, 9.17) is 0 Å². The molecule has 0 unspecified atom stereocenters. The largest absolute Gasteiger partial charge is 0.347 e. The lowest BCUT2D eigenvalue weighted by atomic mass is 10.1. The van der Waals surface area contributed by atoms with Crippen LogP contribution in [-0.4, -0.2) is 29.8 Å². The summed E-state index contributed by atoms with van der Waals surface area (Å²) in [7, 11) is 4.20. The van der Waals surface area contributed by atoms with Crippen LogP contribution < -0.4 is 15.8 Å². The van der Waals surface area contributed by atoms with Crippen LogP contribution in [0.5, 0.6) is 0 Å². The van der Waals surface area contributed by atoms with E-state index in [1.54, 1.807) is 12.1 Å². The fraction of sp³-hybridized carbons (Fsp3) is 0.348. The zero-order valence-corrected chi connectivity index (χ0v) is 17.5. The van der Waals surface area contributed by atoms with Gasteiger partial charge in [-0.15, -0.1) is 0 Å². The minimum Gasteiger partial charge on any atom is -0.347 e. The van der Waals surface area contributed by atoms with Crippen LogP contribution in [0.4, 0.5) is 0 Å². The minimum atomic E-state index is -0.272.